The van der Waals surface area contributed by atoms with E-state index in [0.29, 0.717) is 33.1 Å². The van der Waals surface area contributed by atoms with Crippen LogP contribution in [0.1, 0.15) is 18.1 Å². The number of anilines is 3. The number of carbonyl (C=O) groups excluding carboxylic acids is 1. The zero-order chi connectivity index (χ0) is 20.3. The van der Waals surface area contributed by atoms with Gasteiger partial charge in [-0.2, -0.15) is 0 Å². The molecular weight excluding hydrogens is 374 g/mol. The molecule has 0 spiro atoms. The fourth-order valence-electron chi connectivity index (χ4n) is 2.87. The van der Waals surface area contributed by atoms with Gasteiger partial charge in [-0.1, -0.05) is 17.5 Å². The second kappa shape index (κ2) is 8.26. The van der Waals surface area contributed by atoms with E-state index in [1.165, 1.54) is 6.92 Å². The van der Waals surface area contributed by atoms with Gasteiger partial charge in [0.25, 0.3) is 0 Å². The Morgan fingerprint density at radius 1 is 1.25 bits per heavy atom. The normalized spacial score (nSPS) is 10.7. The van der Waals surface area contributed by atoms with E-state index in [2.05, 4.69) is 26.5 Å². The minimum absolute atomic E-state index is 0.131. The molecule has 1 amide bonds. The van der Waals surface area contributed by atoms with Crippen molar-refractivity contribution < 1.29 is 4.79 Å². The van der Waals surface area contributed by atoms with E-state index in [-0.39, 0.29) is 5.91 Å². The van der Waals surface area contributed by atoms with Crippen LogP contribution in [0, 0.1) is 12.3 Å². The summed E-state index contributed by atoms with van der Waals surface area (Å²) in [5.41, 5.74) is 3.81. The van der Waals surface area contributed by atoms with Crippen LogP contribution in [0.5, 0.6) is 0 Å². The predicted octanol–water partition coefficient (Wildman–Crippen LogP) is 4.03. The lowest BCUT2D eigenvalue weighted by atomic mass is 10.1. The standard InChI is InChI=1S/C21H20ClN5O/c1-5-15-6-7-19-18(20(15)22)11-23-21(26-19)25-17-9-14(12-27(3)4)8-16(10-17)24-13(2)28/h1,6-11H,12H2,2-4H3,(H,24,28)(H,23,25,26). The van der Waals surface area contributed by atoms with Crippen molar-refractivity contribution in [2.45, 2.75) is 13.5 Å². The molecule has 0 fully saturated rings. The van der Waals surface area contributed by atoms with E-state index >= 15 is 0 Å². The fraction of sp³-hybridized carbons (Fsp3) is 0.190. The molecule has 2 aromatic carbocycles. The second-order valence-corrected chi connectivity index (χ2v) is 7.04. The van der Waals surface area contributed by atoms with Gasteiger partial charge in [0.2, 0.25) is 11.9 Å². The molecule has 0 radical (unpaired) electrons. The van der Waals surface area contributed by atoms with Crippen LogP contribution in [-0.2, 0) is 11.3 Å². The van der Waals surface area contributed by atoms with E-state index < -0.39 is 0 Å². The predicted molar refractivity (Wildman–Crippen MR) is 114 cm³/mol. The molecule has 1 heterocycles. The lowest BCUT2D eigenvalue weighted by Gasteiger charge is -2.14. The van der Waals surface area contributed by atoms with Crippen molar-refractivity contribution in [3.63, 3.8) is 0 Å². The molecule has 0 atom stereocenters. The monoisotopic (exact) mass is 393 g/mol. The molecule has 6 nitrogen and oxygen atoms in total. The van der Waals surface area contributed by atoms with E-state index in [0.717, 1.165) is 17.8 Å². The quantitative estimate of drug-likeness (QED) is 0.640. The summed E-state index contributed by atoms with van der Waals surface area (Å²) in [6, 6.07) is 9.34. The highest BCUT2D eigenvalue weighted by atomic mass is 35.5. The van der Waals surface area contributed by atoms with Crippen LogP contribution >= 0.6 is 11.6 Å². The molecule has 2 N–H and O–H groups in total. The highest BCUT2D eigenvalue weighted by Gasteiger charge is 2.09. The number of halogens is 1. The highest BCUT2D eigenvalue weighted by Crippen LogP contribution is 2.27. The molecule has 3 rings (SSSR count). The molecule has 0 bridgehead atoms. The third-order valence-corrected chi connectivity index (χ3v) is 4.33. The Morgan fingerprint density at radius 3 is 2.68 bits per heavy atom. The number of fused-ring (bicyclic) bond motifs is 1. The van der Waals surface area contributed by atoms with E-state index in [4.69, 9.17) is 18.0 Å². The summed E-state index contributed by atoms with van der Waals surface area (Å²) in [5.74, 6) is 2.84. The number of hydrogen-bond donors (Lipinski definition) is 2. The fourth-order valence-corrected chi connectivity index (χ4v) is 3.13. The molecule has 0 aliphatic carbocycles. The number of nitrogens with zero attached hydrogens (tertiary/aromatic N) is 3. The Hall–Kier alpha value is -3.14. The molecule has 7 heteroatoms. The zero-order valence-corrected chi connectivity index (χ0v) is 16.6. The molecule has 142 valence electrons. The van der Waals surface area contributed by atoms with Crippen LogP contribution in [0.3, 0.4) is 0 Å². The Labute approximate surface area is 168 Å². The minimum Gasteiger partial charge on any atom is -0.326 e. The van der Waals surface area contributed by atoms with Gasteiger partial charge in [0.05, 0.1) is 10.5 Å². The lowest BCUT2D eigenvalue weighted by molar-refractivity contribution is -0.114. The summed E-state index contributed by atoms with van der Waals surface area (Å²) in [6.45, 7) is 2.21. The Bertz CT molecular complexity index is 1090. The van der Waals surface area contributed by atoms with Gasteiger partial charge in [0, 0.05) is 42.0 Å². The molecule has 1 aromatic heterocycles. The van der Waals surface area contributed by atoms with Gasteiger partial charge in [-0.25, -0.2) is 9.97 Å². The van der Waals surface area contributed by atoms with Gasteiger partial charge in [-0.15, -0.1) is 6.42 Å². The topological polar surface area (TPSA) is 70.2 Å². The first-order valence-electron chi connectivity index (χ1n) is 8.61. The largest absolute Gasteiger partial charge is 0.326 e. The number of carbonyl (C=O) groups is 1. The van der Waals surface area contributed by atoms with Crippen LogP contribution in [0.25, 0.3) is 10.9 Å². The van der Waals surface area contributed by atoms with E-state index in [1.807, 2.05) is 43.3 Å². The van der Waals surface area contributed by atoms with Crippen molar-refractivity contribution in [3.8, 4) is 12.3 Å². The summed E-state index contributed by atoms with van der Waals surface area (Å²) in [4.78, 5) is 22.4. The van der Waals surface area contributed by atoms with Crippen molar-refractivity contribution in [3.05, 3.63) is 52.7 Å². The Balaban J connectivity index is 1.95. The van der Waals surface area contributed by atoms with E-state index in [1.54, 1.807) is 12.3 Å². The summed E-state index contributed by atoms with van der Waals surface area (Å²) in [6.07, 6.45) is 7.09. The molecule has 0 aliphatic rings. The van der Waals surface area contributed by atoms with Crippen molar-refractivity contribution in [1.29, 1.82) is 0 Å². The summed E-state index contributed by atoms with van der Waals surface area (Å²) in [5, 5.41) is 7.18. The molecule has 0 saturated heterocycles. The number of amides is 1. The average Bonchev–Trinajstić information content (AvgIpc) is 2.60. The van der Waals surface area contributed by atoms with Crippen molar-refractivity contribution >= 4 is 45.7 Å². The first-order chi connectivity index (χ1) is 13.4. The average molecular weight is 394 g/mol. The van der Waals surface area contributed by atoms with Gasteiger partial charge < -0.3 is 15.5 Å². The number of benzene rings is 2. The first-order valence-corrected chi connectivity index (χ1v) is 8.98. The van der Waals surface area contributed by atoms with Crippen LogP contribution in [0.4, 0.5) is 17.3 Å². The van der Waals surface area contributed by atoms with Crippen molar-refractivity contribution in [1.82, 2.24) is 14.9 Å². The molecule has 28 heavy (non-hydrogen) atoms. The zero-order valence-electron chi connectivity index (χ0n) is 15.9. The number of rotatable bonds is 5. The van der Waals surface area contributed by atoms with Gasteiger partial charge in [-0.05, 0) is 50.0 Å². The number of hydrogen-bond acceptors (Lipinski definition) is 5. The van der Waals surface area contributed by atoms with Gasteiger partial charge in [0.1, 0.15) is 0 Å². The molecule has 0 unspecified atom stereocenters. The SMILES string of the molecule is C#Cc1ccc2nc(Nc3cc(CN(C)C)cc(NC(C)=O)c3)ncc2c1Cl. The van der Waals surface area contributed by atoms with Crippen molar-refractivity contribution in [2.75, 3.05) is 24.7 Å². The summed E-state index contributed by atoms with van der Waals surface area (Å²) >= 11 is 6.30. The Kier molecular flexibility index (Phi) is 5.78. The van der Waals surface area contributed by atoms with Crippen molar-refractivity contribution in [2.24, 2.45) is 0 Å². The summed E-state index contributed by atoms with van der Waals surface area (Å²) < 4.78 is 0. The summed E-state index contributed by atoms with van der Waals surface area (Å²) in [7, 11) is 3.97. The van der Waals surface area contributed by atoms with Crippen LogP contribution < -0.4 is 10.6 Å². The smallest absolute Gasteiger partial charge is 0.227 e. The van der Waals surface area contributed by atoms with Gasteiger partial charge >= 0.3 is 0 Å². The molecule has 3 aromatic rings. The van der Waals surface area contributed by atoms with E-state index in [9.17, 15) is 4.79 Å². The maximum Gasteiger partial charge on any atom is 0.227 e. The van der Waals surface area contributed by atoms with Gasteiger partial charge in [-0.3, -0.25) is 4.79 Å². The lowest BCUT2D eigenvalue weighted by Crippen LogP contribution is -2.12. The van der Waals surface area contributed by atoms with Crippen LogP contribution in [0.2, 0.25) is 5.02 Å². The minimum atomic E-state index is -0.131. The molecule has 0 saturated carbocycles. The van der Waals surface area contributed by atoms with Crippen LogP contribution in [-0.4, -0.2) is 34.9 Å². The maximum atomic E-state index is 11.5. The number of nitrogens with one attached hydrogen (secondary N) is 2. The third kappa shape index (κ3) is 4.58. The van der Waals surface area contributed by atoms with Gasteiger partial charge in [0.15, 0.2) is 0 Å². The Morgan fingerprint density at radius 2 is 2.00 bits per heavy atom. The maximum absolute atomic E-state index is 11.5. The number of aromatic nitrogens is 2. The second-order valence-electron chi connectivity index (χ2n) is 6.66. The first kappa shape index (κ1) is 19.6. The highest BCUT2D eigenvalue weighted by molar-refractivity contribution is 6.36. The molecule has 0 aliphatic heterocycles. The molecular formula is C21H20ClN5O. The third-order valence-electron chi connectivity index (χ3n) is 3.92. The number of terminal acetylenes is 1. The van der Waals surface area contributed by atoms with Crippen LogP contribution in [0.15, 0.2) is 36.5 Å².